The fourth-order valence-electron chi connectivity index (χ4n) is 2.30. The molecule has 0 aromatic heterocycles. The van der Waals surface area contributed by atoms with E-state index in [1.54, 1.807) is 6.07 Å². The fraction of sp³-hybridized carbons (Fsp3) is 0.550. The van der Waals surface area contributed by atoms with E-state index < -0.39 is 5.82 Å². The van der Waals surface area contributed by atoms with Gasteiger partial charge in [0.05, 0.1) is 12.3 Å². The van der Waals surface area contributed by atoms with Crippen LogP contribution in [0.2, 0.25) is 0 Å². The van der Waals surface area contributed by atoms with Gasteiger partial charge in [-0.05, 0) is 58.1 Å². The largest absolute Gasteiger partial charge is 0.490 e. The van der Waals surface area contributed by atoms with Crippen molar-refractivity contribution in [2.75, 3.05) is 19.8 Å². The van der Waals surface area contributed by atoms with E-state index in [-0.39, 0.29) is 11.1 Å². The van der Waals surface area contributed by atoms with Crippen LogP contribution in [-0.2, 0) is 11.3 Å². The molecule has 152 valence electrons. The maximum Gasteiger partial charge on any atom is 0.169 e. The Kier molecular flexibility index (Phi) is 11.9. The van der Waals surface area contributed by atoms with Gasteiger partial charge in [-0.1, -0.05) is 35.3 Å². The van der Waals surface area contributed by atoms with E-state index in [1.165, 1.54) is 12.1 Å². The Hall–Kier alpha value is -1.46. The lowest BCUT2D eigenvalue weighted by atomic mass is 10.1. The Morgan fingerprint density at radius 3 is 2.41 bits per heavy atom. The van der Waals surface area contributed by atoms with E-state index in [1.807, 2.05) is 20.8 Å². The summed E-state index contributed by atoms with van der Waals surface area (Å²) in [5.41, 5.74) is 1.68. The van der Waals surface area contributed by atoms with Gasteiger partial charge < -0.3 is 14.3 Å². The number of ether oxygens (including phenoxy) is 2. The molecule has 27 heavy (non-hydrogen) atoms. The fourth-order valence-corrected chi connectivity index (χ4v) is 2.43. The van der Waals surface area contributed by atoms with Crippen LogP contribution in [0.3, 0.4) is 0 Å². The van der Waals surface area contributed by atoms with Crippen LogP contribution in [-0.4, -0.2) is 25.5 Å². The molecule has 1 rings (SSSR count). The zero-order valence-electron chi connectivity index (χ0n) is 16.2. The third kappa shape index (κ3) is 10.5. The first kappa shape index (κ1) is 23.6. The molecule has 1 aromatic rings. The molecule has 0 spiro atoms. The quantitative estimate of drug-likeness (QED) is 0.210. The van der Waals surface area contributed by atoms with Crippen molar-refractivity contribution in [2.45, 2.75) is 52.9 Å². The third-order valence-electron chi connectivity index (χ3n) is 3.59. The molecular weight excluding hydrogens is 392 g/mol. The lowest BCUT2D eigenvalue weighted by Crippen LogP contribution is -2.04. The summed E-state index contributed by atoms with van der Waals surface area (Å²) in [6.45, 7) is 7.01. The van der Waals surface area contributed by atoms with E-state index in [2.05, 4.69) is 5.16 Å². The molecule has 0 aliphatic rings. The second-order valence-corrected chi connectivity index (χ2v) is 7.19. The first-order chi connectivity index (χ1) is 12.9. The van der Waals surface area contributed by atoms with Gasteiger partial charge in [0.25, 0.3) is 0 Å². The highest BCUT2D eigenvalue weighted by molar-refractivity contribution is 6.55. The average Bonchev–Trinajstić information content (AvgIpc) is 2.60. The van der Waals surface area contributed by atoms with Crippen molar-refractivity contribution in [1.29, 1.82) is 0 Å². The van der Waals surface area contributed by atoms with Crippen molar-refractivity contribution in [3.63, 3.8) is 0 Å². The summed E-state index contributed by atoms with van der Waals surface area (Å²) in [5, 5.41) is 3.89. The molecule has 0 fully saturated rings. The molecule has 0 unspecified atom stereocenters. The molecule has 0 bridgehead atoms. The molecule has 0 N–H and O–H groups in total. The Labute approximate surface area is 171 Å². The van der Waals surface area contributed by atoms with Crippen molar-refractivity contribution < 1.29 is 18.7 Å². The van der Waals surface area contributed by atoms with Crippen LogP contribution in [0, 0.1) is 5.82 Å². The lowest BCUT2D eigenvalue weighted by molar-refractivity contribution is 0.139. The van der Waals surface area contributed by atoms with Crippen LogP contribution in [0.1, 0.15) is 52.0 Å². The minimum Gasteiger partial charge on any atom is -0.490 e. The summed E-state index contributed by atoms with van der Waals surface area (Å²) in [6, 6.07) is 3.10. The summed E-state index contributed by atoms with van der Waals surface area (Å²) in [7, 11) is 0. The summed E-state index contributed by atoms with van der Waals surface area (Å²) < 4.78 is 25.6. The number of oxime groups is 1. The molecule has 0 heterocycles. The predicted octanol–water partition coefficient (Wildman–Crippen LogP) is 6.44. The van der Waals surface area contributed by atoms with Gasteiger partial charge in [0, 0.05) is 11.6 Å². The summed E-state index contributed by atoms with van der Waals surface area (Å²) in [6.07, 6.45) is 5.96. The Morgan fingerprint density at radius 1 is 1.07 bits per heavy atom. The Morgan fingerprint density at radius 2 is 1.78 bits per heavy atom. The van der Waals surface area contributed by atoms with Crippen LogP contribution in [0.25, 0.3) is 0 Å². The summed E-state index contributed by atoms with van der Waals surface area (Å²) in [4.78, 5) is 5.15. The van der Waals surface area contributed by atoms with Crippen LogP contribution >= 0.6 is 23.2 Å². The molecule has 0 saturated carbocycles. The molecular formula is C20H28Cl2FNO3. The minimum atomic E-state index is -0.425. The van der Waals surface area contributed by atoms with Crippen LogP contribution in [0.15, 0.2) is 27.9 Å². The minimum absolute atomic E-state index is 0.117. The zero-order valence-corrected chi connectivity index (χ0v) is 17.7. The standard InChI is InChI=1S/C20H28Cl2FNO3/c1-4-16-13-17(25-12-9-19(21)22)14-18(23)20(16)26-10-7-5-6-8-11-27-24-15(2)3/h9,13-14H,4-8,10-12H2,1-3H3. The zero-order chi connectivity index (χ0) is 20.1. The van der Waals surface area contributed by atoms with Gasteiger partial charge in [-0.3, -0.25) is 0 Å². The Balaban J connectivity index is 2.39. The topological polar surface area (TPSA) is 40.0 Å². The average molecular weight is 420 g/mol. The molecule has 0 atom stereocenters. The normalized spacial score (nSPS) is 10.3. The maximum absolute atomic E-state index is 14.4. The molecule has 0 radical (unpaired) electrons. The molecule has 7 heteroatoms. The Bertz CT molecular complexity index is 628. The number of nitrogens with zero attached hydrogens (tertiary/aromatic N) is 1. The van der Waals surface area contributed by atoms with Crippen molar-refractivity contribution in [2.24, 2.45) is 5.16 Å². The van der Waals surface area contributed by atoms with Gasteiger partial charge in [0.1, 0.15) is 23.5 Å². The maximum atomic E-state index is 14.4. The molecule has 0 aliphatic carbocycles. The monoisotopic (exact) mass is 419 g/mol. The second kappa shape index (κ2) is 13.7. The molecule has 1 aromatic carbocycles. The van der Waals surface area contributed by atoms with E-state index >= 15 is 0 Å². The van der Waals surface area contributed by atoms with Gasteiger partial charge in [-0.15, -0.1) is 0 Å². The number of hydrogen-bond donors (Lipinski definition) is 0. The SMILES string of the molecule is CCc1cc(OCC=C(Cl)Cl)cc(F)c1OCCCCCCON=C(C)C. The van der Waals surface area contributed by atoms with Crippen molar-refractivity contribution in [1.82, 2.24) is 0 Å². The number of benzene rings is 1. The van der Waals surface area contributed by atoms with Crippen molar-refractivity contribution >= 4 is 28.9 Å². The van der Waals surface area contributed by atoms with Crippen molar-refractivity contribution in [3.05, 3.63) is 34.1 Å². The number of unbranched alkanes of at least 4 members (excludes halogenated alkanes) is 3. The van der Waals surface area contributed by atoms with Gasteiger partial charge in [0.15, 0.2) is 11.6 Å². The molecule has 0 aliphatic heterocycles. The first-order valence-corrected chi connectivity index (χ1v) is 9.92. The highest BCUT2D eigenvalue weighted by Crippen LogP contribution is 2.29. The summed E-state index contributed by atoms with van der Waals surface area (Å²) in [5.74, 6) is 0.297. The number of rotatable bonds is 13. The van der Waals surface area contributed by atoms with Crippen LogP contribution in [0.4, 0.5) is 4.39 Å². The third-order valence-corrected chi connectivity index (χ3v) is 3.89. The van der Waals surface area contributed by atoms with Gasteiger partial charge >= 0.3 is 0 Å². The first-order valence-electron chi connectivity index (χ1n) is 9.16. The van der Waals surface area contributed by atoms with Crippen molar-refractivity contribution in [3.8, 4) is 11.5 Å². The van der Waals surface area contributed by atoms with E-state index in [9.17, 15) is 4.39 Å². The van der Waals surface area contributed by atoms with Gasteiger partial charge in [-0.25, -0.2) is 4.39 Å². The molecule has 0 amide bonds. The van der Waals surface area contributed by atoms with E-state index in [4.69, 9.17) is 37.5 Å². The number of hydrogen-bond acceptors (Lipinski definition) is 4. The summed E-state index contributed by atoms with van der Waals surface area (Å²) >= 11 is 11.1. The molecule has 0 saturated heterocycles. The predicted molar refractivity (Wildman–Crippen MR) is 110 cm³/mol. The highest BCUT2D eigenvalue weighted by Gasteiger charge is 2.12. The van der Waals surface area contributed by atoms with E-state index in [0.717, 1.165) is 37.0 Å². The van der Waals surface area contributed by atoms with Crippen LogP contribution in [0.5, 0.6) is 11.5 Å². The molecule has 4 nitrogen and oxygen atoms in total. The van der Waals surface area contributed by atoms with Crippen LogP contribution < -0.4 is 9.47 Å². The second-order valence-electron chi connectivity index (χ2n) is 6.19. The van der Waals surface area contributed by atoms with E-state index in [0.29, 0.717) is 31.1 Å². The van der Waals surface area contributed by atoms with Gasteiger partial charge in [-0.2, -0.15) is 0 Å². The lowest BCUT2D eigenvalue weighted by Gasteiger charge is -2.14. The number of aryl methyl sites for hydroxylation is 1. The smallest absolute Gasteiger partial charge is 0.169 e. The van der Waals surface area contributed by atoms with Gasteiger partial charge in [0.2, 0.25) is 0 Å². The highest BCUT2D eigenvalue weighted by atomic mass is 35.5. The number of halogens is 3.